The minimum Gasteiger partial charge on any atom is -0.352 e. The first-order valence-corrected chi connectivity index (χ1v) is 13.6. The van der Waals surface area contributed by atoms with Crippen LogP contribution in [0.5, 0.6) is 0 Å². The van der Waals surface area contributed by atoms with E-state index in [1.54, 1.807) is 12.3 Å². The second-order valence-corrected chi connectivity index (χ2v) is 10.2. The third-order valence-corrected chi connectivity index (χ3v) is 7.66. The first-order chi connectivity index (χ1) is 18.9. The maximum atomic E-state index is 14.1. The molecule has 2 unspecified atom stereocenters. The maximum absolute atomic E-state index is 14.1. The van der Waals surface area contributed by atoms with Gasteiger partial charge in [0, 0.05) is 41.9 Å². The molecule has 3 heterocycles. The number of carbonyl (C=O) groups excluding carboxylic acids is 1. The van der Waals surface area contributed by atoms with Gasteiger partial charge in [0.1, 0.15) is 5.82 Å². The van der Waals surface area contributed by atoms with E-state index in [4.69, 9.17) is 12.2 Å². The number of anilines is 1. The van der Waals surface area contributed by atoms with Gasteiger partial charge in [-0.15, -0.1) is 0 Å². The van der Waals surface area contributed by atoms with Crippen molar-refractivity contribution in [3.05, 3.63) is 113 Å². The van der Waals surface area contributed by atoms with Crippen LogP contribution < -0.4 is 10.6 Å². The number of rotatable bonds is 8. The van der Waals surface area contributed by atoms with Crippen LogP contribution in [0.15, 0.2) is 79.0 Å². The van der Waals surface area contributed by atoms with Gasteiger partial charge in [-0.3, -0.25) is 9.78 Å². The van der Waals surface area contributed by atoms with Crippen LogP contribution in [0, 0.1) is 19.7 Å². The summed E-state index contributed by atoms with van der Waals surface area (Å²) in [5.74, 6) is -0.349. The first kappa shape index (κ1) is 26.6. The summed E-state index contributed by atoms with van der Waals surface area (Å²) in [6.45, 7) is 6.56. The van der Waals surface area contributed by atoms with Crippen LogP contribution in [0.3, 0.4) is 0 Å². The molecule has 4 aromatic rings. The zero-order chi connectivity index (χ0) is 27.5. The number of nitrogens with one attached hydrogen (secondary N) is 2. The summed E-state index contributed by atoms with van der Waals surface area (Å²) in [5.41, 5.74) is 6.59. The van der Waals surface area contributed by atoms with Crippen molar-refractivity contribution in [1.29, 1.82) is 0 Å². The van der Waals surface area contributed by atoms with Gasteiger partial charge < -0.3 is 20.1 Å². The Balaban J connectivity index is 1.47. The minimum atomic E-state index is -0.283. The zero-order valence-corrected chi connectivity index (χ0v) is 23.1. The molecule has 0 aliphatic carbocycles. The molecule has 200 valence electrons. The molecule has 2 aromatic heterocycles. The number of thiocarbonyl (C=S) groups is 1. The predicted molar refractivity (Wildman–Crippen MR) is 156 cm³/mol. The topological polar surface area (TPSA) is 62.2 Å². The minimum absolute atomic E-state index is 0.0658. The van der Waals surface area contributed by atoms with Crippen molar-refractivity contribution >= 4 is 28.9 Å². The first-order valence-electron chi connectivity index (χ1n) is 13.2. The molecule has 0 spiro atoms. The number of halogens is 1. The van der Waals surface area contributed by atoms with Gasteiger partial charge in [-0.05, 0) is 86.1 Å². The summed E-state index contributed by atoms with van der Waals surface area (Å²) in [4.78, 5) is 19.7. The zero-order valence-electron chi connectivity index (χ0n) is 22.3. The number of pyridine rings is 1. The molecule has 2 aromatic carbocycles. The normalized spacial score (nSPS) is 16.8. The molecule has 1 fully saturated rings. The number of hydrogen-bond donors (Lipinski definition) is 2. The smallest absolute Gasteiger partial charge is 0.226 e. The molecule has 0 bridgehead atoms. The molecule has 39 heavy (non-hydrogen) atoms. The second kappa shape index (κ2) is 11.4. The van der Waals surface area contributed by atoms with Crippen molar-refractivity contribution in [2.45, 2.75) is 45.7 Å². The maximum Gasteiger partial charge on any atom is 0.226 e. The van der Waals surface area contributed by atoms with Crippen LogP contribution in [-0.2, 0) is 11.2 Å². The lowest BCUT2D eigenvalue weighted by Crippen LogP contribution is -2.33. The van der Waals surface area contributed by atoms with E-state index in [1.807, 2.05) is 62.4 Å². The van der Waals surface area contributed by atoms with Crippen LogP contribution in [-0.4, -0.2) is 32.0 Å². The van der Waals surface area contributed by atoms with Gasteiger partial charge >= 0.3 is 0 Å². The molecule has 1 aliphatic rings. The lowest BCUT2D eigenvalue weighted by molar-refractivity contribution is -0.116. The van der Waals surface area contributed by atoms with E-state index in [9.17, 15) is 9.18 Å². The van der Waals surface area contributed by atoms with E-state index >= 15 is 0 Å². The summed E-state index contributed by atoms with van der Waals surface area (Å²) in [7, 11) is 0. The van der Waals surface area contributed by atoms with Gasteiger partial charge in [0.2, 0.25) is 5.91 Å². The Hall–Kier alpha value is -4.04. The van der Waals surface area contributed by atoms with E-state index in [0.29, 0.717) is 11.7 Å². The van der Waals surface area contributed by atoms with Crippen molar-refractivity contribution in [2.24, 2.45) is 0 Å². The fourth-order valence-electron chi connectivity index (χ4n) is 5.47. The van der Waals surface area contributed by atoms with Crippen molar-refractivity contribution in [3.8, 4) is 5.69 Å². The standard InChI is InChI=1S/C31H32FN5OS/c1-4-22-10-5-6-13-26(22)34-28(38)15-17-36-30(29(35-31(36)39)27-14-7-8-16-33-27)25-18-20(2)37(21(25)3)24-12-9-11-23(32)19-24/h5-14,16,18-19,29-30H,4,15,17H2,1-3H3,(H,34,38)(H,35,39). The van der Waals surface area contributed by atoms with Crippen molar-refractivity contribution in [3.63, 3.8) is 0 Å². The summed E-state index contributed by atoms with van der Waals surface area (Å²) in [6.07, 6.45) is 2.88. The Morgan fingerprint density at radius 2 is 1.87 bits per heavy atom. The number of aryl methyl sites for hydroxylation is 2. The van der Waals surface area contributed by atoms with Gasteiger partial charge in [-0.25, -0.2) is 4.39 Å². The highest BCUT2D eigenvalue weighted by Crippen LogP contribution is 2.41. The Morgan fingerprint density at radius 1 is 1.08 bits per heavy atom. The molecular weight excluding hydrogens is 509 g/mol. The molecule has 2 N–H and O–H groups in total. The Kier molecular flexibility index (Phi) is 7.74. The predicted octanol–water partition coefficient (Wildman–Crippen LogP) is 6.19. The highest BCUT2D eigenvalue weighted by molar-refractivity contribution is 7.80. The average molecular weight is 542 g/mol. The third-order valence-electron chi connectivity index (χ3n) is 7.31. The number of para-hydroxylation sites is 1. The second-order valence-electron chi connectivity index (χ2n) is 9.77. The third kappa shape index (κ3) is 5.43. The van der Waals surface area contributed by atoms with Gasteiger partial charge in [0.15, 0.2) is 5.11 Å². The van der Waals surface area contributed by atoms with E-state index in [2.05, 4.69) is 38.1 Å². The lowest BCUT2D eigenvalue weighted by Gasteiger charge is -2.28. The quantitative estimate of drug-likeness (QED) is 0.261. The SMILES string of the molecule is CCc1ccccc1NC(=O)CCN1C(=S)NC(c2ccccn2)C1c1cc(C)n(-c2cccc(F)c2)c1C. The van der Waals surface area contributed by atoms with Gasteiger partial charge in [0.25, 0.3) is 0 Å². The summed E-state index contributed by atoms with van der Waals surface area (Å²) < 4.78 is 16.2. The van der Waals surface area contributed by atoms with Crippen molar-refractivity contribution < 1.29 is 9.18 Å². The number of nitrogens with zero attached hydrogens (tertiary/aromatic N) is 3. The molecule has 6 nitrogen and oxygen atoms in total. The highest BCUT2D eigenvalue weighted by atomic mass is 32.1. The van der Waals surface area contributed by atoms with Crippen LogP contribution in [0.2, 0.25) is 0 Å². The van der Waals surface area contributed by atoms with E-state index < -0.39 is 0 Å². The number of hydrogen-bond acceptors (Lipinski definition) is 3. The van der Waals surface area contributed by atoms with Gasteiger partial charge in [-0.2, -0.15) is 0 Å². The number of amides is 1. The Labute approximate surface area is 233 Å². The van der Waals surface area contributed by atoms with Crippen LogP contribution in [0.1, 0.15) is 53.6 Å². The fraction of sp³-hybridized carbons (Fsp3) is 0.258. The van der Waals surface area contributed by atoms with Crippen LogP contribution >= 0.6 is 12.2 Å². The molecule has 0 saturated carbocycles. The summed E-state index contributed by atoms with van der Waals surface area (Å²) >= 11 is 5.81. The van der Waals surface area contributed by atoms with E-state index in [1.165, 1.54) is 12.1 Å². The van der Waals surface area contributed by atoms with Gasteiger partial charge in [-0.1, -0.05) is 37.3 Å². The molecule has 8 heteroatoms. The fourth-order valence-corrected chi connectivity index (χ4v) is 5.80. The Bertz CT molecular complexity index is 1500. The lowest BCUT2D eigenvalue weighted by atomic mass is 9.96. The molecule has 1 aliphatic heterocycles. The molecule has 1 saturated heterocycles. The number of carbonyl (C=O) groups is 1. The van der Waals surface area contributed by atoms with Crippen molar-refractivity contribution in [2.75, 3.05) is 11.9 Å². The molecule has 2 atom stereocenters. The van der Waals surface area contributed by atoms with Crippen LogP contribution in [0.25, 0.3) is 5.69 Å². The largest absolute Gasteiger partial charge is 0.352 e. The highest BCUT2D eigenvalue weighted by Gasteiger charge is 2.41. The number of aromatic nitrogens is 2. The number of benzene rings is 2. The van der Waals surface area contributed by atoms with Crippen molar-refractivity contribution in [1.82, 2.24) is 19.8 Å². The van der Waals surface area contributed by atoms with Gasteiger partial charge in [0.05, 0.1) is 17.8 Å². The molecular formula is C31H32FN5OS. The molecule has 5 rings (SSSR count). The van der Waals surface area contributed by atoms with E-state index in [-0.39, 0.29) is 30.2 Å². The van der Waals surface area contributed by atoms with E-state index in [0.717, 1.165) is 46.0 Å². The molecule has 1 amide bonds. The molecule has 0 radical (unpaired) electrons. The summed E-state index contributed by atoms with van der Waals surface area (Å²) in [5, 5.41) is 7.10. The van der Waals surface area contributed by atoms with Crippen LogP contribution in [0.4, 0.5) is 10.1 Å². The monoisotopic (exact) mass is 541 g/mol. The Morgan fingerprint density at radius 3 is 2.62 bits per heavy atom. The summed E-state index contributed by atoms with van der Waals surface area (Å²) in [6, 6.07) is 22.0. The average Bonchev–Trinajstić information content (AvgIpc) is 3.42.